The Bertz CT molecular complexity index is 337. The van der Waals surface area contributed by atoms with Gasteiger partial charge in [0.2, 0.25) is 0 Å². The summed E-state index contributed by atoms with van der Waals surface area (Å²) < 4.78 is 0. The molecule has 3 N–H and O–H groups in total. The number of hydrogen-bond acceptors (Lipinski definition) is 4. The molecule has 4 nitrogen and oxygen atoms in total. The summed E-state index contributed by atoms with van der Waals surface area (Å²) >= 11 is 0. The normalized spacial score (nSPS) is 18.5. The molecule has 1 aromatic rings. The molecule has 0 aliphatic carbocycles. The first kappa shape index (κ1) is 11.4. The number of aliphatic hydroxyl groups is 1. The van der Waals surface area contributed by atoms with Crippen molar-refractivity contribution in [1.29, 1.82) is 0 Å². The van der Waals surface area contributed by atoms with E-state index in [4.69, 9.17) is 10.8 Å². The molecule has 0 bridgehead atoms. The van der Waals surface area contributed by atoms with Gasteiger partial charge in [-0.3, -0.25) is 4.98 Å². The Hall–Kier alpha value is -1.13. The number of anilines is 1. The van der Waals surface area contributed by atoms with Crippen LogP contribution in [0.15, 0.2) is 18.3 Å². The molecular formula is C12H19N3O. The summed E-state index contributed by atoms with van der Waals surface area (Å²) in [6, 6.07) is 3.63. The summed E-state index contributed by atoms with van der Waals surface area (Å²) in [6.07, 6.45) is 5.60. The molecule has 1 aliphatic rings. The highest BCUT2D eigenvalue weighted by Gasteiger charge is 2.13. The van der Waals surface area contributed by atoms with Crippen molar-refractivity contribution in [3.05, 3.63) is 24.0 Å². The van der Waals surface area contributed by atoms with Crippen LogP contribution in [0.4, 0.5) is 5.69 Å². The van der Waals surface area contributed by atoms with Crippen LogP contribution in [0.2, 0.25) is 0 Å². The van der Waals surface area contributed by atoms with E-state index in [-0.39, 0.29) is 12.6 Å². The Balaban J connectivity index is 2.14. The molecule has 2 rings (SSSR count). The molecule has 0 spiro atoms. The van der Waals surface area contributed by atoms with Crippen molar-refractivity contribution >= 4 is 5.69 Å². The monoisotopic (exact) mass is 221 g/mol. The van der Waals surface area contributed by atoms with Crippen molar-refractivity contribution in [2.24, 2.45) is 5.73 Å². The average molecular weight is 221 g/mol. The van der Waals surface area contributed by atoms with Crippen molar-refractivity contribution in [3.8, 4) is 0 Å². The van der Waals surface area contributed by atoms with Gasteiger partial charge in [0.1, 0.15) is 0 Å². The fourth-order valence-corrected chi connectivity index (χ4v) is 2.08. The molecule has 0 saturated carbocycles. The first-order valence-electron chi connectivity index (χ1n) is 5.88. The molecule has 1 fully saturated rings. The number of nitrogens with two attached hydrogens (primary N) is 1. The van der Waals surface area contributed by atoms with Crippen LogP contribution >= 0.6 is 0 Å². The first-order chi connectivity index (χ1) is 7.81. The lowest BCUT2D eigenvalue weighted by atomic mass is 10.1. The van der Waals surface area contributed by atoms with E-state index in [1.54, 1.807) is 6.20 Å². The van der Waals surface area contributed by atoms with Gasteiger partial charge in [-0.1, -0.05) is 0 Å². The van der Waals surface area contributed by atoms with E-state index >= 15 is 0 Å². The van der Waals surface area contributed by atoms with E-state index < -0.39 is 0 Å². The maximum atomic E-state index is 9.01. The van der Waals surface area contributed by atoms with Crippen LogP contribution < -0.4 is 10.6 Å². The fourth-order valence-electron chi connectivity index (χ4n) is 2.08. The molecule has 2 heterocycles. The molecule has 4 heteroatoms. The molecule has 0 radical (unpaired) electrons. The highest BCUT2D eigenvalue weighted by Crippen LogP contribution is 2.21. The second kappa shape index (κ2) is 5.27. The van der Waals surface area contributed by atoms with E-state index in [1.165, 1.54) is 24.9 Å². The molecular weight excluding hydrogens is 202 g/mol. The van der Waals surface area contributed by atoms with E-state index in [0.29, 0.717) is 0 Å². The van der Waals surface area contributed by atoms with E-state index in [2.05, 4.69) is 9.88 Å². The second-order valence-corrected chi connectivity index (χ2v) is 4.28. The van der Waals surface area contributed by atoms with Gasteiger partial charge in [-0.15, -0.1) is 0 Å². The zero-order chi connectivity index (χ0) is 11.4. The number of rotatable bonds is 3. The van der Waals surface area contributed by atoms with Crippen LogP contribution in [0, 0.1) is 0 Å². The maximum absolute atomic E-state index is 9.01. The summed E-state index contributed by atoms with van der Waals surface area (Å²) in [4.78, 5) is 6.55. The lowest BCUT2D eigenvalue weighted by Crippen LogP contribution is -2.29. The third kappa shape index (κ3) is 2.51. The molecule has 0 aromatic carbocycles. The van der Waals surface area contributed by atoms with Crippen LogP contribution in [0.1, 0.15) is 31.0 Å². The minimum Gasteiger partial charge on any atom is -0.394 e. The molecule has 1 aliphatic heterocycles. The number of aromatic nitrogens is 1. The van der Waals surface area contributed by atoms with Crippen molar-refractivity contribution in [3.63, 3.8) is 0 Å². The summed E-state index contributed by atoms with van der Waals surface area (Å²) in [6.45, 7) is 2.16. The van der Waals surface area contributed by atoms with Crippen molar-refractivity contribution in [1.82, 2.24) is 4.98 Å². The molecule has 0 amide bonds. The molecule has 1 unspecified atom stereocenters. The third-order valence-electron chi connectivity index (χ3n) is 3.06. The zero-order valence-corrected chi connectivity index (χ0v) is 9.47. The number of aliphatic hydroxyl groups excluding tert-OH is 1. The minimum atomic E-state index is -0.371. The van der Waals surface area contributed by atoms with Gasteiger partial charge in [0.15, 0.2) is 0 Å². The predicted octanol–water partition coefficient (Wildman–Crippen LogP) is 1.06. The van der Waals surface area contributed by atoms with Crippen LogP contribution in [0.3, 0.4) is 0 Å². The number of pyridine rings is 1. The molecule has 1 aromatic heterocycles. The summed E-state index contributed by atoms with van der Waals surface area (Å²) in [5, 5.41) is 9.01. The van der Waals surface area contributed by atoms with Crippen molar-refractivity contribution in [2.75, 3.05) is 24.6 Å². The molecule has 1 atom stereocenters. The number of hydrogen-bond donors (Lipinski definition) is 2. The van der Waals surface area contributed by atoms with Gasteiger partial charge in [-0.25, -0.2) is 0 Å². The van der Waals surface area contributed by atoms with Crippen LogP contribution in [-0.4, -0.2) is 29.8 Å². The van der Waals surface area contributed by atoms with Gasteiger partial charge in [-0.05, 0) is 31.4 Å². The predicted molar refractivity (Wildman–Crippen MR) is 64.3 cm³/mol. The van der Waals surface area contributed by atoms with E-state index in [0.717, 1.165) is 18.8 Å². The first-order valence-corrected chi connectivity index (χ1v) is 5.88. The van der Waals surface area contributed by atoms with E-state index in [1.807, 2.05) is 12.1 Å². The van der Waals surface area contributed by atoms with Crippen molar-refractivity contribution in [2.45, 2.75) is 25.3 Å². The molecule has 88 valence electrons. The highest BCUT2D eigenvalue weighted by molar-refractivity contribution is 5.47. The van der Waals surface area contributed by atoms with Gasteiger partial charge in [0.05, 0.1) is 18.3 Å². The Kier molecular flexibility index (Phi) is 3.74. The Morgan fingerprint density at radius 1 is 1.38 bits per heavy atom. The minimum absolute atomic E-state index is 0.0591. The van der Waals surface area contributed by atoms with Crippen LogP contribution in [0.25, 0.3) is 0 Å². The average Bonchev–Trinajstić information content (AvgIpc) is 2.39. The maximum Gasteiger partial charge on any atom is 0.0705 e. The lowest BCUT2D eigenvalue weighted by Gasteiger charge is -2.29. The SMILES string of the molecule is NC(CO)c1cc(N2CCCCC2)ccn1. The Morgan fingerprint density at radius 2 is 2.12 bits per heavy atom. The van der Waals surface area contributed by atoms with Gasteiger partial charge >= 0.3 is 0 Å². The fraction of sp³-hybridized carbons (Fsp3) is 0.583. The topological polar surface area (TPSA) is 62.4 Å². The van der Waals surface area contributed by atoms with E-state index in [9.17, 15) is 0 Å². The zero-order valence-electron chi connectivity index (χ0n) is 9.47. The number of nitrogens with zero attached hydrogens (tertiary/aromatic N) is 2. The Labute approximate surface area is 96.1 Å². The smallest absolute Gasteiger partial charge is 0.0705 e. The third-order valence-corrected chi connectivity index (χ3v) is 3.06. The molecule has 16 heavy (non-hydrogen) atoms. The lowest BCUT2D eigenvalue weighted by molar-refractivity contribution is 0.266. The van der Waals surface area contributed by atoms with Gasteiger partial charge in [0.25, 0.3) is 0 Å². The summed E-state index contributed by atoms with van der Waals surface area (Å²) in [5.41, 5.74) is 7.71. The molecule has 1 saturated heterocycles. The van der Waals surface area contributed by atoms with Gasteiger partial charge in [-0.2, -0.15) is 0 Å². The summed E-state index contributed by atoms with van der Waals surface area (Å²) in [5.74, 6) is 0. The Morgan fingerprint density at radius 3 is 2.81 bits per heavy atom. The second-order valence-electron chi connectivity index (χ2n) is 4.28. The van der Waals surface area contributed by atoms with Crippen LogP contribution in [0.5, 0.6) is 0 Å². The van der Waals surface area contributed by atoms with Crippen molar-refractivity contribution < 1.29 is 5.11 Å². The van der Waals surface area contributed by atoms with Crippen LogP contribution in [-0.2, 0) is 0 Å². The van der Waals surface area contributed by atoms with Gasteiger partial charge < -0.3 is 15.7 Å². The largest absolute Gasteiger partial charge is 0.394 e. The highest BCUT2D eigenvalue weighted by atomic mass is 16.3. The van der Waals surface area contributed by atoms with Gasteiger partial charge in [0, 0.05) is 25.0 Å². The summed E-state index contributed by atoms with van der Waals surface area (Å²) in [7, 11) is 0. The number of piperidine rings is 1. The standard InChI is InChI=1S/C12H19N3O/c13-11(9-16)12-8-10(4-5-14-12)15-6-2-1-3-7-15/h4-5,8,11,16H,1-3,6-7,9,13H2. The quantitative estimate of drug-likeness (QED) is 0.801.